The monoisotopic (exact) mass is 812 g/mol. The second kappa shape index (κ2) is 11.9. The van der Waals surface area contributed by atoms with Crippen molar-refractivity contribution >= 4 is 84.1 Å². The van der Waals surface area contributed by atoms with Crippen LogP contribution >= 0.6 is 38.9 Å². The van der Waals surface area contributed by atoms with E-state index in [4.69, 9.17) is 16.7 Å². The van der Waals surface area contributed by atoms with Crippen molar-refractivity contribution in [3.8, 4) is 16.3 Å². The SMILES string of the molecule is Cc1c(-c2cc(N3C(=O)C4CC5C(=CCC6C(=O)N(c7ccc(Br)cc7)C(=O)C65)C(c5ccc(O)c(F)c5)C4(C)C3=O)n(C)n2)sc2ccc(Cl)cc12. The molecule has 2 aliphatic heterocycles. The summed E-state index contributed by atoms with van der Waals surface area (Å²) in [7, 11) is 1.68. The highest BCUT2D eigenvalue weighted by atomic mass is 79.9. The molecule has 0 bridgehead atoms. The van der Waals surface area contributed by atoms with E-state index in [0.717, 1.165) is 30.6 Å². The first-order valence-corrected chi connectivity index (χ1v) is 19.2. The van der Waals surface area contributed by atoms with Crippen molar-refractivity contribution in [3.05, 3.63) is 105 Å². The maximum atomic E-state index is 15.1. The van der Waals surface area contributed by atoms with Gasteiger partial charge in [-0.05, 0) is 104 Å². The van der Waals surface area contributed by atoms with E-state index in [9.17, 15) is 24.3 Å². The maximum Gasteiger partial charge on any atom is 0.242 e. The number of anilines is 2. The van der Waals surface area contributed by atoms with E-state index in [2.05, 4.69) is 15.9 Å². The van der Waals surface area contributed by atoms with Crippen LogP contribution in [0.5, 0.6) is 5.75 Å². The Labute approximate surface area is 320 Å². The molecule has 0 spiro atoms. The summed E-state index contributed by atoms with van der Waals surface area (Å²) < 4.78 is 18.5. The third-order valence-electron chi connectivity index (χ3n) is 11.9. The van der Waals surface area contributed by atoms with Gasteiger partial charge in [-0.3, -0.25) is 28.8 Å². The zero-order chi connectivity index (χ0) is 37.2. The Morgan fingerprint density at radius 3 is 2.45 bits per heavy atom. The number of amides is 4. The predicted molar refractivity (Wildman–Crippen MR) is 203 cm³/mol. The van der Waals surface area contributed by atoms with Gasteiger partial charge in [0.2, 0.25) is 23.6 Å². The first kappa shape index (κ1) is 34.1. The van der Waals surface area contributed by atoms with Crippen LogP contribution in [0, 0.1) is 41.8 Å². The van der Waals surface area contributed by atoms with Crippen LogP contribution in [0.25, 0.3) is 20.7 Å². The molecule has 2 aromatic heterocycles. The molecule has 6 unspecified atom stereocenters. The van der Waals surface area contributed by atoms with Crippen LogP contribution in [-0.4, -0.2) is 38.5 Å². The lowest BCUT2D eigenvalue weighted by molar-refractivity contribution is -0.131. The number of nitrogens with zero attached hydrogens (tertiary/aromatic N) is 4. The summed E-state index contributed by atoms with van der Waals surface area (Å²) in [6, 6.07) is 18.4. The van der Waals surface area contributed by atoms with E-state index in [0.29, 0.717) is 27.8 Å². The van der Waals surface area contributed by atoms with E-state index in [1.54, 1.807) is 61.7 Å². The Bertz CT molecular complexity index is 2500. The highest BCUT2D eigenvalue weighted by molar-refractivity contribution is 9.10. The average Bonchev–Trinajstić information content (AvgIpc) is 3.80. The second-order valence-electron chi connectivity index (χ2n) is 14.6. The van der Waals surface area contributed by atoms with Gasteiger partial charge in [0.25, 0.3) is 0 Å². The molecule has 6 atom stereocenters. The van der Waals surface area contributed by atoms with Gasteiger partial charge in [0, 0.05) is 33.2 Å². The molecule has 9 nitrogen and oxygen atoms in total. The molecule has 268 valence electrons. The third kappa shape index (κ3) is 4.81. The molecule has 4 heterocycles. The lowest BCUT2D eigenvalue weighted by Gasteiger charge is -2.49. The van der Waals surface area contributed by atoms with Crippen LogP contribution in [0.2, 0.25) is 5.02 Å². The lowest BCUT2D eigenvalue weighted by atomic mass is 9.51. The average molecular weight is 814 g/mol. The number of allylic oxidation sites excluding steroid dienone is 2. The number of rotatable bonds is 4. The number of imide groups is 2. The summed E-state index contributed by atoms with van der Waals surface area (Å²) in [6.45, 7) is 3.72. The van der Waals surface area contributed by atoms with Crippen LogP contribution in [0.3, 0.4) is 0 Å². The van der Waals surface area contributed by atoms with Crippen LogP contribution in [0.4, 0.5) is 15.9 Å². The van der Waals surface area contributed by atoms with Gasteiger partial charge in [0.15, 0.2) is 11.6 Å². The third-order valence-corrected chi connectivity index (χ3v) is 13.9. The maximum absolute atomic E-state index is 15.1. The molecule has 1 N–H and O–H groups in total. The molecule has 0 radical (unpaired) electrons. The first-order chi connectivity index (χ1) is 25.3. The number of fused-ring (bicyclic) bond motifs is 5. The molecule has 2 saturated heterocycles. The molecule has 9 rings (SSSR count). The molecular weight excluding hydrogens is 783 g/mol. The van der Waals surface area contributed by atoms with Crippen molar-refractivity contribution in [1.29, 1.82) is 0 Å². The number of aromatic nitrogens is 2. The van der Waals surface area contributed by atoms with Gasteiger partial charge < -0.3 is 5.11 Å². The zero-order valence-corrected chi connectivity index (χ0v) is 31.8. The Kier molecular flexibility index (Phi) is 7.68. The normalized spacial score (nSPS) is 26.7. The number of benzene rings is 3. The number of phenols is 1. The molecule has 1 saturated carbocycles. The second-order valence-corrected chi connectivity index (χ2v) is 17.0. The summed E-state index contributed by atoms with van der Waals surface area (Å²) >= 11 is 11.2. The molecular formula is C40H31BrClFN4O5S. The topological polar surface area (TPSA) is 113 Å². The molecule has 53 heavy (non-hydrogen) atoms. The van der Waals surface area contributed by atoms with Gasteiger partial charge in [-0.2, -0.15) is 5.10 Å². The van der Waals surface area contributed by atoms with E-state index in [1.165, 1.54) is 26.6 Å². The zero-order valence-electron chi connectivity index (χ0n) is 28.6. The van der Waals surface area contributed by atoms with Gasteiger partial charge in [0.1, 0.15) is 11.5 Å². The number of carbonyl (C=O) groups excluding carboxylic acids is 4. The Hall–Kier alpha value is -4.65. The standard InChI is InChI=1S/C40H31BrClFN4O5S/c1-18-25-15-21(42)7-13-31(25)53-35(18)29-17-32(45(3)44-29)47-37(50)27-16-26-23(34(40(27,2)39(47)52)19-4-12-30(48)28(43)14-19)10-11-24-33(26)38(51)46(36(24)49)22-8-5-20(41)6-9-22/h4-10,12-15,17,24,26-27,33-34,48H,11,16H2,1-3H3. The van der Waals surface area contributed by atoms with E-state index < -0.39 is 58.4 Å². The summed E-state index contributed by atoms with van der Waals surface area (Å²) in [5.41, 5.74) is 1.77. The summed E-state index contributed by atoms with van der Waals surface area (Å²) in [6.07, 6.45) is 2.32. The van der Waals surface area contributed by atoms with Crippen LogP contribution in [0.1, 0.15) is 36.8 Å². The van der Waals surface area contributed by atoms with Crippen LogP contribution < -0.4 is 9.80 Å². The number of hydrogen-bond donors (Lipinski definition) is 1. The number of halogens is 3. The van der Waals surface area contributed by atoms with Crippen molar-refractivity contribution in [2.24, 2.45) is 36.1 Å². The fourth-order valence-corrected chi connectivity index (χ4v) is 11.0. The quantitative estimate of drug-likeness (QED) is 0.144. The van der Waals surface area contributed by atoms with Crippen LogP contribution in [-0.2, 0) is 26.2 Å². The summed E-state index contributed by atoms with van der Waals surface area (Å²) in [5, 5.41) is 16.5. The molecule has 3 aromatic carbocycles. The van der Waals surface area contributed by atoms with Gasteiger partial charge in [0.05, 0.1) is 33.7 Å². The van der Waals surface area contributed by atoms with Crippen molar-refractivity contribution in [2.45, 2.75) is 32.6 Å². The largest absolute Gasteiger partial charge is 0.505 e. The minimum absolute atomic E-state index is 0.149. The number of aromatic hydroxyl groups is 1. The number of aryl methyl sites for hydroxylation is 2. The first-order valence-electron chi connectivity index (χ1n) is 17.2. The summed E-state index contributed by atoms with van der Waals surface area (Å²) in [4.78, 5) is 61.3. The Balaban J connectivity index is 1.15. The lowest BCUT2D eigenvalue weighted by Crippen LogP contribution is -2.49. The number of hydrogen-bond acceptors (Lipinski definition) is 7. The molecule has 4 aliphatic rings. The van der Waals surface area contributed by atoms with E-state index in [-0.39, 0.29) is 24.7 Å². The van der Waals surface area contributed by atoms with Crippen LogP contribution in [0.15, 0.2) is 82.9 Å². The predicted octanol–water partition coefficient (Wildman–Crippen LogP) is 8.31. The minimum Gasteiger partial charge on any atom is -0.505 e. The van der Waals surface area contributed by atoms with Crippen molar-refractivity contribution in [2.75, 3.05) is 9.80 Å². The van der Waals surface area contributed by atoms with Crippen molar-refractivity contribution in [1.82, 2.24) is 9.78 Å². The Morgan fingerprint density at radius 2 is 1.72 bits per heavy atom. The fraction of sp³-hybridized carbons (Fsp3) is 0.275. The number of carbonyl (C=O) groups is 4. The van der Waals surface area contributed by atoms with Crippen molar-refractivity contribution < 1.29 is 28.7 Å². The van der Waals surface area contributed by atoms with Gasteiger partial charge in [-0.15, -0.1) is 11.3 Å². The fourth-order valence-electron chi connectivity index (χ4n) is 9.38. The Morgan fingerprint density at radius 1 is 0.962 bits per heavy atom. The smallest absolute Gasteiger partial charge is 0.242 e. The minimum atomic E-state index is -1.39. The highest BCUT2D eigenvalue weighted by Gasteiger charge is 2.68. The van der Waals surface area contributed by atoms with Gasteiger partial charge >= 0.3 is 0 Å². The summed E-state index contributed by atoms with van der Waals surface area (Å²) in [5.74, 6) is -6.42. The molecule has 3 fully saturated rings. The molecule has 5 aromatic rings. The van der Waals surface area contributed by atoms with Crippen molar-refractivity contribution in [3.63, 3.8) is 0 Å². The van der Waals surface area contributed by atoms with Gasteiger partial charge in [-0.25, -0.2) is 9.29 Å². The molecule has 2 aliphatic carbocycles. The molecule has 13 heteroatoms. The number of phenolic OH excluding ortho intramolecular Hbond substituents is 1. The highest BCUT2D eigenvalue weighted by Crippen LogP contribution is 2.64. The number of thiophene rings is 1. The van der Waals surface area contributed by atoms with Gasteiger partial charge in [-0.1, -0.05) is 45.2 Å². The molecule has 4 amide bonds. The van der Waals surface area contributed by atoms with E-state index >= 15 is 4.39 Å². The van der Waals surface area contributed by atoms with E-state index in [1.807, 2.05) is 31.2 Å².